The lowest BCUT2D eigenvalue weighted by molar-refractivity contribution is -0.156. The van der Waals surface area contributed by atoms with E-state index < -0.39 is 61.6 Å². The zero-order valence-electron chi connectivity index (χ0n) is 21.9. The third-order valence-corrected chi connectivity index (χ3v) is 7.26. The number of hydrogen-bond acceptors (Lipinski definition) is 12. The Hall–Kier alpha value is -2.98. The Bertz CT molecular complexity index is 1320. The Morgan fingerprint density at radius 1 is 1.33 bits per heavy atom. The molecule has 13 nitrogen and oxygen atoms in total. The summed E-state index contributed by atoms with van der Waals surface area (Å²) >= 11 is 6.68. The summed E-state index contributed by atoms with van der Waals surface area (Å²) in [7, 11) is -2.96. The molecule has 1 aliphatic rings. The minimum absolute atomic E-state index is 0.131. The fourth-order valence-electron chi connectivity index (χ4n) is 3.50. The average Bonchev–Trinajstić information content (AvgIpc) is 3.12. The van der Waals surface area contributed by atoms with E-state index in [9.17, 15) is 19.3 Å². The summed E-state index contributed by atoms with van der Waals surface area (Å²) in [5.74, 6) is 4.81. The highest BCUT2D eigenvalue weighted by Crippen LogP contribution is 2.52. The number of para-hydroxylation sites is 1. The molecule has 1 aliphatic heterocycles. The van der Waals surface area contributed by atoms with Gasteiger partial charge in [0.25, 0.3) is 0 Å². The van der Waals surface area contributed by atoms with Crippen molar-refractivity contribution in [1.29, 1.82) is 0 Å². The first-order valence-electron chi connectivity index (χ1n) is 11.9. The van der Waals surface area contributed by atoms with Gasteiger partial charge in [-0.3, -0.25) is 9.05 Å². The van der Waals surface area contributed by atoms with Gasteiger partial charge >= 0.3 is 19.5 Å². The summed E-state index contributed by atoms with van der Waals surface area (Å²) in [5.41, 5.74) is -0.817. The van der Waals surface area contributed by atoms with Crippen molar-refractivity contribution in [2.45, 2.75) is 63.2 Å². The number of ether oxygens (including phenoxy) is 2. The second-order valence-electron chi connectivity index (χ2n) is 8.61. The topological polar surface area (TPSA) is 160 Å². The predicted octanol–water partition coefficient (Wildman–Crippen LogP) is 2.50. The summed E-state index contributed by atoms with van der Waals surface area (Å²) in [5, 5.41) is 17.8. The molecule has 2 aromatic rings. The van der Waals surface area contributed by atoms with Crippen molar-refractivity contribution in [1.82, 2.24) is 14.8 Å². The van der Waals surface area contributed by atoms with Crippen LogP contribution in [0, 0.1) is 11.8 Å². The maximum absolute atomic E-state index is 13.7. The first-order chi connectivity index (χ1) is 18.4. The number of nitrogens with zero attached hydrogens (tertiary/aromatic N) is 3. The molecule has 212 valence electrons. The van der Waals surface area contributed by atoms with E-state index in [-0.39, 0.29) is 11.6 Å². The molecule has 0 amide bonds. The highest BCUT2D eigenvalue weighted by Gasteiger charge is 2.57. The van der Waals surface area contributed by atoms with Crippen LogP contribution in [0.5, 0.6) is 5.75 Å². The molecule has 0 saturated carbocycles. The van der Waals surface area contributed by atoms with Crippen molar-refractivity contribution in [3.05, 3.63) is 47.0 Å². The smallest absolute Gasteiger partial charge is 0.461 e. The number of rotatable bonds is 11. The SMILES string of the molecule is CC#C[C@@]1(Cl)C(O)[C@@H](COP(=O)(Oc2ccccc2)O[C@@H](C)C(=O)OC(C)C)O[C@H]1n1ncc(NC)nc1=O. The van der Waals surface area contributed by atoms with E-state index in [1.165, 1.54) is 32.2 Å². The van der Waals surface area contributed by atoms with Gasteiger partial charge < -0.3 is 24.4 Å². The molecule has 2 unspecified atom stereocenters. The molecule has 0 aliphatic carbocycles. The van der Waals surface area contributed by atoms with Gasteiger partial charge in [0.05, 0.1) is 18.9 Å². The fraction of sp³-hybridized carbons (Fsp3) is 0.500. The van der Waals surface area contributed by atoms with Crippen molar-refractivity contribution >= 4 is 31.2 Å². The number of carbonyl (C=O) groups is 1. The Balaban J connectivity index is 1.86. The number of esters is 1. The summed E-state index contributed by atoms with van der Waals surface area (Å²) in [4.78, 5) is 26.9. The van der Waals surface area contributed by atoms with Gasteiger partial charge in [-0.15, -0.1) is 5.92 Å². The van der Waals surface area contributed by atoms with Crippen LogP contribution in [-0.2, 0) is 27.9 Å². The van der Waals surface area contributed by atoms with E-state index in [0.29, 0.717) is 0 Å². The third-order valence-electron chi connectivity index (χ3n) is 5.29. The monoisotopic (exact) mass is 584 g/mol. The van der Waals surface area contributed by atoms with Gasteiger partial charge in [-0.25, -0.2) is 14.2 Å². The van der Waals surface area contributed by atoms with Gasteiger partial charge in [0.2, 0.25) is 0 Å². The average molecular weight is 585 g/mol. The molecule has 0 radical (unpaired) electrons. The number of alkyl halides is 1. The van der Waals surface area contributed by atoms with Crippen molar-refractivity contribution in [3.63, 3.8) is 0 Å². The molecule has 1 aromatic heterocycles. The van der Waals surface area contributed by atoms with Gasteiger partial charge in [0, 0.05) is 7.05 Å². The summed E-state index contributed by atoms with van der Waals surface area (Å²) < 4.78 is 41.9. The van der Waals surface area contributed by atoms with Gasteiger partial charge in [0.1, 0.15) is 18.0 Å². The van der Waals surface area contributed by atoms with Crippen LogP contribution in [0.1, 0.15) is 33.9 Å². The molecule has 0 spiro atoms. The molecule has 1 saturated heterocycles. The lowest BCUT2D eigenvalue weighted by atomic mass is 9.99. The molecular weight excluding hydrogens is 555 g/mol. The van der Waals surface area contributed by atoms with Crippen LogP contribution in [0.3, 0.4) is 0 Å². The van der Waals surface area contributed by atoms with Gasteiger partial charge in [-0.05, 0) is 39.8 Å². The second-order valence-corrected chi connectivity index (χ2v) is 10.8. The number of aliphatic hydroxyl groups excluding tert-OH is 1. The Kier molecular flexibility index (Phi) is 10.1. The van der Waals surface area contributed by atoms with E-state index in [0.717, 1.165) is 4.68 Å². The lowest BCUT2D eigenvalue weighted by Gasteiger charge is -2.25. The van der Waals surface area contributed by atoms with E-state index in [4.69, 9.17) is 34.6 Å². The molecule has 39 heavy (non-hydrogen) atoms. The van der Waals surface area contributed by atoms with E-state index in [1.807, 2.05) is 0 Å². The van der Waals surface area contributed by atoms with Crippen LogP contribution in [-0.4, -0.2) is 68.8 Å². The first kappa shape index (κ1) is 30.6. The summed E-state index contributed by atoms with van der Waals surface area (Å²) in [6, 6.07) is 8.00. The Morgan fingerprint density at radius 2 is 2.03 bits per heavy atom. The number of phosphoric acid groups is 1. The number of anilines is 1. The zero-order chi connectivity index (χ0) is 28.8. The van der Waals surface area contributed by atoms with Crippen molar-refractivity contribution in [3.8, 4) is 17.6 Å². The van der Waals surface area contributed by atoms with Gasteiger partial charge in [-0.2, -0.15) is 14.8 Å². The molecule has 2 heterocycles. The number of carbonyl (C=O) groups excluding carboxylic acids is 1. The van der Waals surface area contributed by atoms with Crippen molar-refractivity contribution in [2.24, 2.45) is 0 Å². The number of aliphatic hydroxyl groups is 1. The van der Waals surface area contributed by atoms with Gasteiger partial charge in [-0.1, -0.05) is 35.7 Å². The number of hydrogen-bond donors (Lipinski definition) is 2. The summed E-state index contributed by atoms with van der Waals surface area (Å²) in [6.45, 7) is 5.52. The Labute approximate surface area is 230 Å². The Morgan fingerprint density at radius 3 is 2.62 bits per heavy atom. The molecular formula is C24H30ClN4O9P. The number of nitrogens with one attached hydrogen (secondary N) is 1. The van der Waals surface area contributed by atoms with Gasteiger partial charge in [0.15, 0.2) is 23.0 Å². The maximum atomic E-state index is 13.7. The highest BCUT2D eigenvalue weighted by molar-refractivity contribution is 7.49. The largest absolute Gasteiger partial charge is 0.530 e. The quantitative estimate of drug-likeness (QED) is 0.172. The molecule has 2 N–H and O–H groups in total. The number of aromatic nitrogens is 3. The molecule has 1 fully saturated rings. The molecule has 0 bridgehead atoms. The van der Waals surface area contributed by atoms with Crippen LogP contribution in [0.15, 0.2) is 41.3 Å². The minimum Gasteiger partial charge on any atom is -0.461 e. The van der Waals surface area contributed by atoms with E-state index in [2.05, 4.69) is 27.2 Å². The number of halogens is 1. The summed E-state index contributed by atoms with van der Waals surface area (Å²) in [6.07, 6.45) is -4.73. The number of benzene rings is 1. The first-order valence-corrected chi connectivity index (χ1v) is 13.7. The molecule has 15 heteroatoms. The van der Waals surface area contributed by atoms with E-state index >= 15 is 0 Å². The third kappa shape index (κ3) is 7.36. The lowest BCUT2D eigenvalue weighted by Crippen LogP contribution is -2.44. The van der Waals surface area contributed by atoms with Crippen LogP contribution in [0.4, 0.5) is 5.82 Å². The normalized spacial score (nSPS) is 24.8. The number of phosphoric ester groups is 1. The fourth-order valence-corrected chi connectivity index (χ4v) is 5.22. The highest BCUT2D eigenvalue weighted by atomic mass is 35.5. The van der Waals surface area contributed by atoms with E-state index in [1.54, 1.807) is 39.1 Å². The standard InChI is InChI=1S/C24H30ClN4O9P/c1-6-12-24(25)20(30)18(36-22(24)29-23(32)28-19(26-5)13-27-29)14-34-39(33,38-17-10-8-7-9-11-17)37-16(4)21(31)35-15(2)3/h7-11,13,15-16,18,20,22,30H,14H2,1-5H3,(H,26,28,32)/t16-,18+,20?,22+,24+,39?/m0/s1. The van der Waals surface area contributed by atoms with Crippen molar-refractivity contribution < 1.29 is 37.5 Å². The maximum Gasteiger partial charge on any atom is 0.530 e. The second kappa shape index (κ2) is 12.9. The van der Waals surface area contributed by atoms with Crippen molar-refractivity contribution in [2.75, 3.05) is 19.0 Å². The van der Waals surface area contributed by atoms with Crippen LogP contribution in [0.2, 0.25) is 0 Å². The predicted molar refractivity (Wildman–Crippen MR) is 140 cm³/mol. The molecule has 1 aromatic carbocycles. The zero-order valence-corrected chi connectivity index (χ0v) is 23.6. The molecule has 6 atom stereocenters. The van der Waals surface area contributed by atoms with Crippen LogP contribution < -0.4 is 15.5 Å². The minimum atomic E-state index is -4.52. The van der Waals surface area contributed by atoms with Crippen LogP contribution in [0.25, 0.3) is 0 Å². The molecule has 3 rings (SSSR count). The van der Waals surface area contributed by atoms with Crippen LogP contribution >= 0.6 is 19.4 Å².